The zero-order valence-corrected chi connectivity index (χ0v) is 21.8. The molecule has 36 heavy (non-hydrogen) atoms. The van der Waals surface area contributed by atoms with Crippen molar-refractivity contribution in [3.63, 3.8) is 0 Å². The number of alkyl carbamates (subject to hydrolysis) is 1. The highest BCUT2D eigenvalue weighted by molar-refractivity contribution is 6.00. The van der Waals surface area contributed by atoms with Crippen LogP contribution in [0.25, 0.3) is 0 Å². The van der Waals surface area contributed by atoms with Gasteiger partial charge in [0.05, 0.1) is 0 Å². The summed E-state index contributed by atoms with van der Waals surface area (Å²) in [7, 11) is 0. The van der Waals surface area contributed by atoms with Gasteiger partial charge < -0.3 is 20.3 Å². The Morgan fingerprint density at radius 2 is 1.64 bits per heavy atom. The van der Waals surface area contributed by atoms with Crippen LogP contribution in [0.2, 0.25) is 0 Å². The monoisotopic (exact) mass is 489 g/mol. The van der Waals surface area contributed by atoms with Crippen molar-refractivity contribution in [3.8, 4) is 12.3 Å². The minimum atomic E-state index is -0.904. The van der Waals surface area contributed by atoms with Crippen LogP contribution in [0.3, 0.4) is 0 Å². The highest BCUT2D eigenvalue weighted by atomic mass is 16.6. The van der Waals surface area contributed by atoms with Crippen molar-refractivity contribution >= 4 is 23.6 Å². The molecule has 2 atom stereocenters. The van der Waals surface area contributed by atoms with Gasteiger partial charge in [-0.15, -0.1) is 6.42 Å². The van der Waals surface area contributed by atoms with Crippen LogP contribution in [0.4, 0.5) is 10.5 Å². The molecule has 7 nitrogen and oxygen atoms in total. The average Bonchev–Trinajstić information content (AvgIpc) is 3.63. The van der Waals surface area contributed by atoms with Crippen LogP contribution in [-0.4, -0.2) is 40.5 Å². The summed E-state index contributed by atoms with van der Waals surface area (Å²) < 4.78 is 5.32. The fourth-order valence-corrected chi connectivity index (χ4v) is 4.04. The number of nitrogens with zero attached hydrogens (tertiary/aromatic N) is 1. The summed E-state index contributed by atoms with van der Waals surface area (Å²) in [6.07, 6.45) is 6.39. The first-order chi connectivity index (χ1) is 16.9. The van der Waals surface area contributed by atoms with Crippen LogP contribution >= 0.6 is 0 Å². The fraction of sp³-hybridized carbons (Fsp3) is 0.414. The van der Waals surface area contributed by atoms with Crippen molar-refractivity contribution in [2.24, 2.45) is 0 Å². The second kappa shape index (κ2) is 10.9. The first kappa shape index (κ1) is 26.8. The minimum Gasteiger partial charge on any atom is -0.444 e. The highest BCUT2D eigenvalue weighted by Gasteiger charge is 2.43. The van der Waals surface area contributed by atoms with Gasteiger partial charge in [0.25, 0.3) is 5.91 Å². The van der Waals surface area contributed by atoms with Gasteiger partial charge in [0.2, 0.25) is 5.91 Å². The molecule has 2 N–H and O–H groups in total. The van der Waals surface area contributed by atoms with Crippen molar-refractivity contribution in [1.29, 1.82) is 0 Å². The molecule has 1 aliphatic carbocycles. The molecule has 0 heterocycles. The molecule has 2 aromatic rings. The number of carbonyl (C=O) groups is 3. The van der Waals surface area contributed by atoms with Gasteiger partial charge in [-0.05, 0) is 83.2 Å². The molecule has 0 bridgehead atoms. The number of terminal acetylenes is 1. The molecule has 1 aliphatic rings. The van der Waals surface area contributed by atoms with Gasteiger partial charge in [0, 0.05) is 17.3 Å². The summed E-state index contributed by atoms with van der Waals surface area (Å²) >= 11 is 0. The zero-order chi connectivity index (χ0) is 26.6. The predicted octanol–water partition coefficient (Wildman–Crippen LogP) is 4.87. The molecule has 1 saturated carbocycles. The molecule has 2 unspecified atom stereocenters. The summed E-state index contributed by atoms with van der Waals surface area (Å²) in [5.74, 6) is 1.90. The summed E-state index contributed by atoms with van der Waals surface area (Å²) in [5, 5.41) is 5.67. The number of amides is 3. The number of hydrogen-bond donors (Lipinski definition) is 2. The number of aryl methyl sites for hydroxylation is 2. The van der Waals surface area contributed by atoms with E-state index in [1.165, 1.54) is 0 Å². The lowest BCUT2D eigenvalue weighted by molar-refractivity contribution is -0.141. The van der Waals surface area contributed by atoms with Crippen molar-refractivity contribution in [3.05, 3.63) is 64.7 Å². The molecule has 3 rings (SSSR count). The largest absolute Gasteiger partial charge is 0.444 e. The van der Waals surface area contributed by atoms with Gasteiger partial charge in [-0.3, -0.25) is 9.59 Å². The van der Waals surface area contributed by atoms with E-state index in [0.717, 1.165) is 29.7 Å². The third kappa shape index (κ3) is 6.66. The molecule has 0 saturated heterocycles. The van der Waals surface area contributed by atoms with Gasteiger partial charge in [0.1, 0.15) is 17.7 Å². The molecule has 0 spiro atoms. The number of benzene rings is 2. The lowest BCUT2D eigenvalue weighted by atomic mass is 10.0. The molecule has 3 amide bonds. The van der Waals surface area contributed by atoms with E-state index in [-0.39, 0.29) is 17.9 Å². The number of ether oxygens (including phenoxy) is 1. The Morgan fingerprint density at radius 3 is 2.14 bits per heavy atom. The van der Waals surface area contributed by atoms with Gasteiger partial charge >= 0.3 is 6.09 Å². The second-order valence-corrected chi connectivity index (χ2v) is 10.3. The standard InChI is InChI=1S/C29H35N3O4/c1-8-21-12-14-22(15-13-21)25(26(33)31-24-18(2)10-9-11-19(24)3)32(23-16-17-23)27(34)20(4)30-28(35)36-29(5,6)7/h1,9-15,20,23,25H,16-17H2,2-7H3,(H,30,35)(H,31,33). The Morgan fingerprint density at radius 1 is 1.06 bits per heavy atom. The normalized spacial score (nSPS) is 14.7. The molecule has 2 aromatic carbocycles. The summed E-state index contributed by atoms with van der Waals surface area (Å²) in [6, 6.07) is 10.9. The Balaban J connectivity index is 1.96. The van der Waals surface area contributed by atoms with E-state index in [1.54, 1.807) is 56.9 Å². The van der Waals surface area contributed by atoms with Crippen LogP contribution in [0.5, 0.6) is 0 Å². The average molecular weight is 490 g/mol. The highest BCUT2D eigenvalue weighted by Crippen LogP contribution is 2.36. The Kier molecular flexibility index (Phi) is 8.09. The number of carbonyl (C=O) groups excluding carboxylic acids is 3. The first-order valence-corrected chi connectivity index (χ1v) is 12.2. The SMILES string of the molecule is C#Cc1ccc(C(C(=O)Nc2c(C)cccc2C)N(C(=O)C(C)NC(=O)OC(C)(C)C)C2CC2)cc1. The smallest absolute Gasteiger partial charge is 0.408 e. The molecule has 0 aliphatic heterocycles. The Hall–Kier alpha value is -3.79. The second-order valence-electron chi connectivity index (χ2n) is 10.3. The quantitative estimate of drug-likeness (QED) is 0.543. The van der Waals surface area contributed by atoms with Crippen molar-refractivity contribution in [2.45, 2.75) is 78.1 Å². The summed E-state index contributed by atoms with van der Waals surface area (Å²) in [6.45, 7) is 10.7. The topological polar surface area (TPSA) is 87.7 Å². The van der Waals surface area contributed by atoms with E-state index in [0.29, 0.717) is 11.1 Å². The van der Waals surface area contributed by atoms with E-state index in [4.69, 9.17) is 11.2 Å². The number of nitrogens with one attached hydrogen (secondary N) is 2. The van der Waals surface area contributed by atoms with E-state index < -0.39 is 23.8 Å². The van der Waals surface area contributed by atoms with Crippen molar-refractivity contribution < 1.29 is 19.1 Å². The number of hydrogen-bond acceptors (Lipinski definition) is 4. The number of rotatable bonds is 7. The van der Waals surface area contributed by atoms with Gasteiger partial charge in [-0.2, -0.15) is 0 Å². The Bertz CT molecular complexity index is 1150. The maximum absolute atomic E-state index is 13.8. The summed E-state index contributed by atoms with van der Waals surface area (Å²) in [5.41, 5.74) is 3.19. The van der Waals surface area contributed by atoms with Crippen molar-refractivity contribution in [2.75, 3.05) is 5.32 Å². The lowest BCUT2D eigenvalue weighted by Crippen LogP contribution is -2.52. The van der Waals surface area contributed by atoms with Crippen molar-refractivity contribution in [1.82, 2.24) is 10.2 Å². The van der Waals surface area contributed by atoms with E-state index in [9.17, 15) is 14.4 Å². The maximum atomic E-state index is 13.8. The van der Waals surface area contributed by atoms with Crippen LogP contribution < -0.4 is 10.6 Å². The van der Waals surface area contributed by atoms with E-state index in [1.807, 2.05) is 32.0 Å². The van der Waals surface area contributed by atoms with Crippen LogP contribution in [0.15, 0.2) is 42.5 Å². The molecule has 7 heteroatoms. The minimum absolute atomic E-state index is 0.110. The fourth-order valence-electron chi connectivity index (χ4n) is 4.04. The van der Waals surface area contributed by atoms with Gasteiger partial charge in [-0.1, -0.05) is 36.3 Å². The van der Waals surface area contributed by atoms with Gasteiger partial charge in [-0.25, -0.2) is 4.79 Å². The maximum Gasteiger partial charge on any atom is 0.408 e. The van der Waals surface area contributed by atoms with E-state index in [2.05, 4.69) is 16.6 Å². The number of para-hydroxylation sites is 1. The zero-order valence-electron chi connectivity index (χ0n) is 21.8. The van der Waals surface area contributed by atoms with Gasteiger partial charge in [0.15, 0.2) is 0 Å². The van der Waals surface area contributed by atoms with Crippen LogP contribution in [0, 0.1) is 26.2 Å². The molecule has 1 fully saturated rings. The third-order valence-corrected chi connectivity index (χ3v) is 5.95. The first-order valence-electron chi connectivity index (χ1n) is 12.2. The van der Waals surface area contributed by atoms with Crippen LogP contribution in [0.1, 0.15) is 68.8 Å². The van der Waals surface area contributed by atoms with E-state index >= 15 is 0 Å². The lowest BCUT2D eigenvalue weighted by Gasteiger charge is -2.34. The summed E-state index contributed by atoms with van der Waals surface area (Å²) in [4.78, 5) is 41.5. The molecule has 0 radical (unpaired) electrons. The molecular formula is C29H35N3O4. The number of anilines is 1. The predicted molar refractivity (Wildman–Crippen MR) is 140 cm³/mol. The van der Waals surface area contributed by atoms with Crippen LogP contribution in [-0.2, 0) is 14.3 Å². The third-order valence-electron chi connectivity index (χ3n) is 5.95. The molecule has 190 valence electrons. The molecule has 0 aromatic heterocycles. The Labute approximate surface area is 213 Å². The molecular weight excluding hydrogens is 454 g/mol.